The summed E-state index contributed by atoms with van der Waals surface area (Å²) in [7, 11) is 0.644. The second-order valence-corrected chi connectivity index (χ2v) is 49.9. The molecule has 2 fully saturated rings. The summed E-state index contributed by atoms with van der Waals surface area (Å²) < 4.78 is 138. The Morgan fingerprint density at radius 1 is 0.500 bits per heavy atom. The average Bonchev–Trinajstić information content (AvgIpc) is 1.52. The fraction of sp³-hybridized carbons (Fsp3) is 0.587. The zero-order valence-electron chi connectivity index (χ0n) is 92.0. The third-order valence-electron chi connectivity index (χ3n) is 22.5. The van der Waals surface area contributed by atoms with Crippen molar-refractivity contribution in [2.45, 2.75) is 265 Å². The molecule has 0 saturated carbocycles. The van der Waals surface area contributed by atoms with E-state index in [0.29, 0.717) is 109 Å². The van der Waals surface area contributed by atoms with Crippen molar-refractivity contribution >= 4 is 83.0 Å². The minimum Gasteiger partial charge on any atom is -0.497 e. The van der Waals surface area contributed by atoms with Gasteiger partial charge in [0.1, 0.15) is 35.1 Å². The number of rotatable bonds is 63. The number of amides is 3. The molecule has 7 aromatic carbocycles. The zero-order valence-corrected chi connectivity index (χ0v) is 97.9. The Balaban J connectivity index is 0.000000321. The van der Waals surface area contributed by atoms with Gasteiger partial charge < -0.3 is 71.9 Å². The first-order valence-corrected chi connectivity index (χ1v) is 59.8. The van der Waals surface area contributed by atoms with Crippen LogP contribution in [0.15, 0.2) is 182 Å². The highest BCUT2D eigenvalue weighted by Crippen LogP contribution is 2.54. The molecule has 0 spiro atoms. The molecule has 39 heteroatoms. The maximum absolute atomic E-state index is 14.4. The van der Waals surface area contributed by atoms with Crippen LogP contribution < -0.4 is 55.2 Å². The van der Waals surface area contributed by atoms with Gasteiger partial charge >= 0.3 is 35.2 Å². The summed E-state index contributed by atoms with van der Waals surface area (Å²) in [4.78, 5) is 40.4. The van der Waals surface area contributed by atoms with Crippen LogP contribution in [0.4, 0.5) is 4.79 Å². The predicted molar refractivity (Wildman–Crippen MR) is 595 cm³/mol. The Bertz CT molecular complexity index is 5060. The number of nitrogens with zero attached hydrogens (tertiary/aromatic N) is 1. The van der Waals surface area contributed by atoms with Crippen LogP contribution >= 0.6 is 53.2 Å². The Morgan fingerprint density at radius 2 is 0.966 bits per heavy atom. The molecule has 7 aromatic rings. The molecule has 32 nitrogen and oxygen atoms in total. The lowest BCUT2D eigenvalue weighted by Crippen LogP contribution is -2.53. The van der Waals surface area contributed by atoms with Gasteiger partial charge in [0.25, 0.3) is 6.64 Å². The molecule has 2 saturated heterocycles. The summed E-state index contributed by atoms with van der Waals surface area (Å²) in [6.45, 7) is 37.9. The second kappa shape index (κ2) is 65.2. The lowest BCUT2D eigenvalue weighted by molar-refractivity contribution is -0.141. The smallest absolute Gasteiger partial charge is 0.406 e. The highest BCUT2D eigenvalue weighted by molar-refractivity contribution is 8.09. The summed E-state index contributed by atoms with van der Waals surface area (Å²) in [6, 6.07) is 60.7. The van der Waals surface area contributed by atoms with E-state index >= 15 is 0 Å². The number of thioether (sulfide) groups is 1. The third-order valence-corrected chi connectivity index (χ3v) is 33.3. The number of ether oxygens (including phenoxy) is 10. The molecule has 7 N–H and O–H groups in total. The number of carbonyl (C=O) groups excluding carboxylic acids is 3. The van der Waals surface area contributed by atoms with E-state index < -0.39 is 75.8 Å². The molecule has 2 aliphatic rings. The predicted octanol–water partition coefficient (Wildman–Crippen LogP) is 23.4. The van der Waals surface area contributed by atoms with Crippen LogP contribution in [0, 0.1) is 5.92 Å². The lowest BCUT2D eigenvalue weighted by atomic mass is 9.74. The van der Waals surface area contributed by atoms with Crippen molar-refractivity contribution in [3.63, 3.8) is 0 Å². The van der Waals surface area contributed by atoms with Crippen LogP contribution in [0.2, 0.25) is 5.02 Å². The molecule has 3 amide bonds. The Labute approximate surface area is 897 Å². The minimum absolute atomic E-state index is 0.00978. The summed E-state index contributed by atoms with van der Waals surface area (Å²) >= 11 is 13.9. The molecule has 830 valence electrons. The first-order valence-electron chi connectivity index (χ1n) is 51.1. The zero-order chi connectivity index (χ0) is 109. The number of unbranched alkanes of at least 4 members (excludes halogenated alkanes) is 4. The maximum atomic E-state index is 14.4. The van der Waals surface area contributed by atoms with Crippen molar-refractivity contribution < 1.29 is 112 Å². The van der Waals surface area contributed by atoms with Crippen molar-refractivity contribution in [2.75, 3.05) is 148 Å². The van der Waals surface area contributed by atoms with Crippen LogP contribution in [0.1, 0.15) is 240 Å². The SMILES string of the molecule is CCOCC(C)COP(=S)(NCCOc1ccc(C(OC)OC)c(Cl)c1)OC(C)(C)C.CCOCCNP(=O)(OCCCCCNC(=O)CCCC1SCC2C1NC(=O)N2C(c1ccccc1)(c1ccc(OC)cc1)c1ccc(OC)cc1)OC(C)(C)C.COCCNP(=O)(OC(C)CCC(=O)OC)OC(C)(C)C.COc1ccc(C(NCCCCCOP(=O)(NC(C)C)OC(C)(C)C)(c2ccccc2)c2ccccc2)cc1. The van der Waals surface area contributed by atoms with E-state index in [1.807, 2.05) is 205 Å². The number of nitrogens with one attached hydrogen (secondary N) is 7. The summed E-state index contributed by atoms with van der Waals surface area (Å²) in [5.74, 6) is 3.62. The third kappa shape index (κ3) is 45.3. The van der Waals surface area contributed by atoms with E-state index in [9.17, 15) is 28.1 Å². The first-order chi connectivity index (χ1) is 70.2. The lowest BCUT2D eigenvalue weighted by Gasteiger charge is -2.45. The quantitative estimate of drug-likeness (QED) is 0.00465. The van der Waals surface area contributed by atoms with Crippen LogP contribution in [0.3, 0.4) is 0 Å². The van der Waals surface area contributed by atoms with Gasteiger partial charge in [0.05, 0.1) is 119 Å². The molecule has 2 heterocycles. The molecule has 0 aromatic heterocycles. The van der Waals surface area contributed by atoms with E-state index in [1.165, 1.54) is 18.2 Å². The molecule has 0 bridgehead atoms. The van der Waals surface area contributed by atoms with Gasteiger partial charge in [-0.15, -0.1) is 0 Å². The van der Waals surface area contributed by atoms with Crippen LogP contribution in [-0.2, 0) is 111 Å². The number of halogens is 1. The number of methoxy groups -OCH3 is 7. The molecule has 148 heavy (non-hydrogen) atoms. The van der Waals surface area contributed by atoms with Crippen molar-refractivity contribution in [1.29, 1.82) is 0 Å². The summed E-state index contributed by atoms with van der Waals surface area (Å²) in [5, 5.41) is 22.9. The monoisotopic (exact) mass is 2200 g/mol. The van der Waals surface area contributed by atoms with Crippen LogP contribution in [0.5, 0.6) is 23.0 Å². The van der Waals surface area contributed by atoms with Gasteiger partial charge in [-0.3, -0.25) is 42.0 Å². The van der Waals surface area contributed by atoms with Crippen molar-refractivity contribution in [3.05, 3.63) is 226 Å². The van der Waals surface area contributed by atoms with E-state index in [4.69, 9.17) is 102 Å². The average molecular weight is 2200 g/mol. The molecule has 0 aliphatic carbocycles. The van der Waals surface area contributed by atoms with E-state index in [1.54, 1.807) is 76.4 Å². The normalized spacial score (nSPS) is 16.5. The van der Waals surface area contributed by atoms with Gasteiger partial charge in [0, 0.05) is 102 Å². The number of hydrogen-bond acceptors (Lipinski definition) is 27. The van der Waals surface area contributed by atoms with E-state index in [0.717, 1.165) is 102 Å². The highest BCUT2D eigenvalue weighted by Gasteiger charge is 2.57. The van der Waals surface area contributed by atoms with Crippen LogP contribution in [0.25, 0.3) is 0 Å². The molecule has 9 unspecified atom stereocenters. The first kappa shape index (κ1) is 130. The minimum atomic E-state index is -3.48. The van der Waals surface area contributed by atoms with Gasteiger partial charge in [0.15, 0.2) is 6.29 Å². The van der Waals surface area contributed by atoms with Gasteiger partial charge in [-0.1, -0.05) is 146 Å². The van der Waals surface area contributed by atoms with Crippen LogP contribution in [-0.4, -0.2) is 222 Å². The number of esters is 1. The fourth-order valence-electron chi connectivity index (χ4n) is 16.3. The van der Waals surface area contributed by atoms with Crippen molar-refractivity contribution in [1.82, 2.24) is 41.2 Å². The molecule has 2 aliphatic heterocycles. The Hall–Kier alpha value is -6.79. The Kier molecular flexibility index (Phi) is 57.2. The van der Waals surface area contributed by atoms with Gasteiger partial charge in [-0.25, -0.2) is 38.8 Å². The maximum Gasteiger partial charge on any atom is 0.406 e. The van der Waals surface area contributed by atoms with Gasteiger partial charge in [0.2, 0.25) is 5.91 Å². The highest BCUT2D eigenvalue weighted by atomic mass is 35.5. The summed E-state index contributed by atoms with van der Waals surface area (Å²) in [5.41, 5.74) is 3.38. The van der Waals surface area contributed by atoms with Gasteiger partial charge in [-0.2, -0.15) is 11.8 Å². The van der Waals surface area contributed by atoms with E-state index in [2.05, 4.69) is 126 Å². The number of hydrogen-bond donors (Lipinski definition) is 7. The molecular formula is C109H171ClN8O24P4S2. The Morgan fingerprint density at radius 3 is 1.46 bits per heavy atom. The largest absolute Gasteiger partial charge is 0.497 e. The molecule has 9 atom stereocenters. The fourth-order valence-corrected chi connectivity index (χ4v) is 26.4. The van der Waals surface area contributed by atoms with Crippen molar-refractivity contribution in [3.8, 4) is 23.0 Å². The van der Waals surface area contributed by atoms with Crippen molar-refractivity contribution in [2.24, 2.45) is 5.92 Å². The standard InChI is InChI=1S/C43H61N4O8PS.C32H45N2O4P.C21H37ClNO6PS.C13H28NO6P/c1-7-53-30-28-45-56(50,55-42(2,3)4)54-29-13-9-12-27-44-39(48)18-14-17-38-40-37(31-57-38)47(41(49)46-40)43(32-15-10-8-11-16-32,33-19-23-35(51-5)24-20-33)34-21-25-36(52-6)26-22-34;1-26(2)34-39(35,38-31(3,4)5)37-25-15-9-14-24-33-32(27-16-10-7-11-17-27,28-18-12-8-13-19-28)29-20-22-30(36-6)23-21-29;1-8-26-14-16(2)15-28-30(31,29-21(3,4)5)23-11-12-27-17-9-10-18(19(22)13-17)20(24-6)25-7;1-11(7-8-12(15)18-6)19-21(16,14-9-10-17-5)20-13(2,3)4/h8,10-11,15-16,19-26,37-38,40H,7,9,12-14,17-18,27-31H2,1-6H3,(H,44,48)(H,45,50)(H,46,49);7-8,10-13,16-23,26,33H,9,14-15,24-25H2,1-6H3,(H,34,35);9-10,13,16,20H,8,11-12,14-15H2,1-7H3,(H,23,31);11H,7-10H2,1-6H3,(H,14,16). The number of benzene rings is 7. The molecule has 9 rings (SSSR count). The van der Waals surface area contributed by atoms with Gasteiger partial charge in [-0.05, 0) is 282 Å². The topological polar surface area (TPSA) is 356 Å². The summed E-state index contributed by atoms with van der Waals surface area (Å²) in [6.07, 6.45) is 6.53. The number of fused-ring (bicyclic) bond motifs is 1. The second-order valence-electron chi connectivity index (χ2n) is 39.9. The molecular weight excluding hydrogens is 2030 g/mol. The van der Waals surface area contributed by atoms with E-state index in [-0.39, 0.29) is 60.2 Å². The number of urea groups is 1. The molecule has 0 radical (unpaired) electrons. The number of carbonyl (C=O) groups is 3.